The molecule has 1 aromatic rings. The molecule has 1 N–H and O–H groups in total. The van der Waals surface area contributed by atoms with Gasteiger partial charge in [0.2, 0.25) is 0 Å². The van der Waals surface area contributed by atoms with E-state index < -0.39 is 0 Å². The number of rotatable bonds is 6. The number of nitrogens with zero attached hydrogens (tertiary/aromatic N) is 3. The normalized spacial score (nSPS) is 9.67. The Hall–Kier alpha value is -1.46. The highest BCUT2D eigenvalue weighted by atomic mass is 16.5. The molecule has 1 radical (unpaired) electrons. The lowest BCUT2D eigenvalue weighted by molar-refractivity contribution is 0.270. The quantitative estimate of drug-likeness (QED) is 0.586. The first-order valence-electron chi connectivity index (χ1n) is 3.65. The van der Waals surface area contributed by atoms with Crippen molar-refractivity contribution in [3.63, 3.8) is 0 Å². The van der Waals surface area contributed by atoms with Crippen molar-refractivity contribution in [3.8, 4) is 0 Å². The van der Waals surface area contributed by atoms with Gasteiger partial charge in [-0.25, -0.2) is 9.89 Å². The van der Waals surface area contributed by atoms with Gasteiger partial charge in [0.05, 0.1) is 6.61 Å². The second-order valence-corrected chi connectivity index (χ2v) is 2.24. The molecule has 6 heteroatoms. The van der Waals surface area contributed by atoms with E-state index in [1.807, 2.05) is 0 Å². The highest BCUT2D eigenvalue weighted by Crippen LogP contribution is 1.96. The number of H-pyrrole nitrogens is 1. The summed E-state index contributed by atoms with van der Waals surface area (Å²) in [6, 6.07) is 0. The average Bonchev–Trinajstić information content (AvgIpc) is 2.57. The molecule has 0 aromatic carbocycles. The lowest BCUT2D eigenvalue weighted by atomic mass is 10.2. The second-order valence-electron chi connectivity index (χ2n) is 2.24. The molecule has 6 nitrogen and oxygen atoms in total. The van der Waals surface area contributed by atoms with Crippen LogP contribution in [0.15, 0.2) is 0 Å². The van der Waals surface area contributed by atoms with Gasteiger partial charge in [0.15, 0.2) is 0 Å². The molecule has 0 amide bonds. The summed E-state index contributed by atoms with van der Waals surface area (Å²) in [5.41, 5.74) is 0. The van der Waals surface area contributed by atoms with Crippen LogP contribution >= 0.6 is 0 Å². The fourth-order valence-corrected chi connectivity index (χ4v) is 0.793. The first kappa shape index (κ1) is 8.63. The molecule has 0 unspecified atom stereocenters. The molecule has 65 valence electrons. The first-order valence-corrected chi connectivity index (χ1v) is 3.65. The first-order chi connectivity index (χ1) is 5.93. The van der Waals surface area contributed by atoms with Gasteiger partial charge >= 0.3 is 6.47 Å². The Morgan fingerprint density at radius 1 is 1.50 bits per heavy atom. The van der Waals surface area contributed by atoms with Crippen LogP contribution in [-0.2, 0) is 16.0 Å². The number of aryl methyl sites for hydroxylation is 1. The maximum atomic E-state index is 9.61. The zero-order valence-corrected chi connectivity index (χ0v) is 6.49. The molecule has 0 aliphatic heterocycles. The minimum Gasteiger partial charge on any atom is -0.457 e. The molecule has 0 fully saturated rings. The van der Waals surface area contributed by atoms with Crippen LogP contribution < -0.4 is 0 Å². The minimum atomic E-state index is 0.408. The molecule has 0 saturated heterocycles. The predicted molar refractivity (Wildman–Crippen MR) is 38.8 cm³/mol. The number of tetrazole rings is 1. The van der Waals surface area contributed by atoms with Crippen molar-refractivity contribution in [2.45, 2.75) is 19.3 Å². The number of nitrogens with one attached hydrogen (secondary N) is 1. The predicted octanol–water partition coefficient (Wildman–Crippen LogP) is -0.394. The van der Waals surface area contributed by atoms with Gasteiger partial charge in [-0.3, -0.25) is 0 Å². The molecular weight excluding hydrogens is 160 g/mol. The highest BCUT2D eigenvalue weighted by molar-refractivity contribution is 5.37. The van der Waals surface area contributed by atoms with E-state index in [-0.39, 0.29) is 0 Å². The topological polar surface area (TPSA) is 80.8 Å². The van der Waals surface area contributed by atoms with Gasteiger partial charge in [0, 0.05) is 6.42 Å². The van der Waals surface area contributed by atoms with Crippen molar-refractivity contribution in [1.29, 1.82) is 0 Å². The van der Waals surface area contributed by atoms with Crippen LogP contribution in [0.5, 0.6) is 0 Å². The molecule has 1 rings (SSSR count). The van der Waals surface area contributed by atoms with Crippen LogP contribution in [0, 0.1) is 0 Å². The summed E-state index contributed by atoms with van der Waals surface area (Å²) in [7, 11) is 0. The third-order valence-electron chi connectivity index (χ3n) is 1.36. The van der Waals surface area contributed by atoms with Crippen molar-refractivity contribution in [3.05, 3.63) is 5.82 Å². The summed E-state index contributed by atoms with van der Waals surface area (Å²) in [6.07, 6.45) is 2.46. The summed E-state index contributed by atoms with van der Waals surface area (Å²) < 4.78 is 4.39. The lowest BCUT2D eigenvalue weighted by Gasteiger charge is -1.95. The Bertz CT molecular complexity index is 211. The fraction of sp³-hybridized carbons (Fsp3) is 0.667. The second kappa shape index (κ2) is 5.22. The summed E-state index contributed by atoms with van der Waals surface area (Å²) >= 11 is 0. The average molecular weight is 169 g/mol. The van der Waals surface area contributed by atoms with Gasteiger partial charge in [-0.15, -0.1) is 5.10 Å². The Morgan fingerprint density at radius 2 is 2.42 bits per heavy atom. The molecular formula is C6H9N4O2. The molecule has 0 spiro atoms. The van der Waals surface area contributed by atoms with Gasteiger partial charge in [-0.2, -0.15) is 0 Å². The van der Waals surface area contributed by atoms with Crippen LogP contribution in [0.1, 0.15) is 18.7 Å². The van der Waals surface area contributed by atoms with Crippen molar-refractivity contribution < 1.29 is 9.53 Å². The summed E-state index contributed by atoms with van der Waals surface area (Å²) in [4.78, 5) is 9.61. The fourth-order valence-electron chi connectivity index (χ4n) is 0.793. The number of ether oxygens (including phenoxy) is 1. The zero-order valence-electron chi connectivity index (χ0n) is 6.49. The molecule has 0 atom stereocenters. The van der Waals surface area contributed by atoms with Crippen LogP contribution in [-0.4, -0.2) is 33.7 Å². The van der Waals surface area contributed by atoms with E-state index in [9.17, 15) is 4.79 Å². The van der Waals surface area contributed by atoms with Crippen LogP contribution in [0.3, 0.4) is 0 Å². The van der Waals surface area contributed by atoms with Gasteiger partial charge < -0.3 is 4.74 Å². The number of hydrogen-bond acceptors (Lipinski definition) is 5. The largest absolute Gasteiger partial charge is 0.457 e. The van der Waals surface area contributed by atoms with E-state index in [2.05, 4.69) is 25.4 Å². The SMILES string of the molecule is O=[C]OCCCCc1nnn[nH]1. The molecule has 0 saturated carbocycles. The number of carbonyl (C=O) groups excluding carboxylic acids is 1. The third-order valence-corrected chi connectivity index (χ3v) is 1.36. The molecule has 1 heterocycles. The van der Waals surface area contributed by atoms with Crippen molar-refractivity contribution >= 4 is 6.47 Å². The van der Waals surface area contributed by atoms with Gasteiger partial charge in [0.25, 0.3) is 0 Å². The van der Waals surface area contributed by atoms with E-state index in [1.165, 1.54) is 6.47 Å². The Balaban J connectivity index is 2.00. The molecule has 0 bridgehead atoms. The minimum absolute atomic E-state index is 0.408. The van der Waals surface area contributed by atoms with E-state index >= 15 is 0 Å². The lowest BCUT2D eigenvalue weighted by Crippen LogP contribution is -1.94. The van der Waals surface area contributed by atoms with E-state index in [0.717, 1.165) is 25.1 Å². The summed E-state index contributed by atoms with van der Waals surface area (Å²) in [5, 5.41) is 13.2. The summed E-state index contributed by atoms with van der Waals surface area (Å²) in [6.45, 7) is 1.77. The zero-order chi connectivity index (χ0) is 8.65. The molecule has 12 heavy (non-hydrogen) atoms. The van der Waals surface area contributed by atoms with Gasteiger partial charge in [-0.1, -0.05) is 0 Å². The van der Waals surface area contributed by atoms with Crippen LogP contribution in [0.4, 0.5) is 0 Å². The van der Waals surface area contributed by atoms with Crippen molar-refractivity contribution in [1.82, 2.24) is 20.6 Å². The highest BCUT2D eigenvalue weighted by Gasteiger charge is 1.96. The van der Waals surface area contributed by atoms with Crippen molar-refractivity contribution in [2.75, 3.05) is 6.61 Å². The maximum absolute atomic E-state index is 9.61. The number of hydrogen-bond donors (Lipinski definition) is 1. The molecule has 0 aliphatic carbocycles. The van der Waals surface area contributed by atoms with Crippen LogP contribution in [0.25, 0.3) is 0 Å². The van der Waals surface area contributed by atoms with Crippen molar-refractivity contribution in [2.24, 2.45) is 0 Å². The Morgan fingerprint density at radius 3 is 3.08 bits per heavy atom. The monoisotopic (exact) mass is 169 g/mol. The summed E-state index contributed by atoms with van der Waals surface area (Å²) in [5.74, 6) is 0.755. The van der Waals surface area contributed by atoms with Crippen LogP contribution in [0.2, 0.25) is 0 Å². The number of aromatic nitrogens is 4. The van der Waals surface area contributed by atoms with E-state index in [0.29, 0.717) is 6.61 Å². The van der Waals surface area contributed by atoms with E-state index in [1.54, 1.807) is 0 Å². The number of unbranched alkanes of at least 4 members (excludes halogenated alkanes) is 1. The van der Waals surface area contributed by atoms with E-state index in [4.69, 9.17) is 0 Å². The Kier molecular flexibility index (Phi) is 3.76. The molecule has 0 aliphatic rings. The third kappa shape index (κ3) is 3.09. The Labute approximate surface area is 69.3 Å². The number of aromatic amines is 1. The smallest absolute Gasteiger partial charge is 0.417 e. The standard InChI is InChI=1S/C6H9N4O2/c11-5-12-4-2-1-3-6-7-9-10-8-6/h1-4H2,(H,7,8,9,10). The van der Waals surface area contributed by atoms with Gasteiger partial charge in [0.1, 0.15) is 5.82 Å². The molecule has 1 aromatic heterocycles. The maximum Gasteiger partial charge on any atom is 0.417 e. The van der Waals surface area contributed by atoms with Gasteiger partial charge in [-0.05, 0) is 23.3 Å².